The number of hydrogen-bond donors (Lipinski definition) is 10. The molecule has 0 radical (unpaired) electrons. The maximum atomic E-state index is 13.0. The number of anilines is 4. The predicted molar refractivity (Wildman–Crippen MR) is 212 cm³/mol. The molecule has 0 atom stereocenters. The van der Waals surface area contributed by atoms with Crippen molar-refractivity contribution in [2.24, 2.45) is 20.5 Å². The van der Waals surface area contributed by atoms with Gasteiger partial charge in [-0.1, -0.05) is 0 Å². The molecule has 0 aliphatic carbocycles. The maximum absolute atomic E-state index is 13.0. The van der Waals surface area contributed by atoms with Crippen LogP contribution in [0.25, 0.3) is 32.7 Å². The van der Waals surface area contributed by atoms with Crippen molar-refractivity contribution in [3.05, 3.63) is 72.8 Å². The molecular weight excluding hydrogens is 877 g/mol. The molecule has 60 heavy (non-hydrogen) atoms. The minimum atomic E-state index is -5.15. The molecule has 23 nitrogen and oxygen atoms in total. The van der Waals surface area contributed by atoms with Crippen molar-refractivity contribution in [3.63, 3.8) is 0 Å². The predicted octanol–water partition coefficient (Wildman–Crippen LogP) is 6.01. The maximum Gasteiger partial charge on any atom is 0.323 e. The van der Waals surface area contributed by atoms with Crippen LogP contribution in [0.4, 0.5) is 50.3 Å². The van der Waals surface area contributed by atoms with Gasteiger partial charge < -0.3 is 32.3 Å². The number of azo groups is 2. The molecule has 0 aromatic heterocycles. The van der Waals surface area contributed by atoms with Crippen LogP contribution < -0.4 is 22.1 Å². The third-order valence-electron chi connectivity index (χ3n) is 8.78. The average molecular weight is 901 g/mol. The van der Waals surface area contributed by atoms with Gasteiger partial charge in [0.25, 0.3) is 40.5 Å². The number of aromatic hydroxyl groups is 2. The van der Waals surface area contributed by atoms with Gasteiger partial charge in [0, 0.05) is 33.3 Å². The highest BCUT2D eigenvalue weighted by molar-refractivity contribution is 7.86. The second-order valence-electron chi connectivity index (χ2n) is 12.7. The van der Waals surface area contributed by atoms with Gasteiger partial charge in [0.05, 0.1) is 32.5 Å². The SMILES string of the molecule is Nc1cc(S(=O)(=O)O)cc2cc(S(=O)(=O)O)c(N=Nc3ccc4c(c3)NC(=O)Nc3cc(N=Nc5c(S(=O)(=O)O)cc6cc(S(=O)(=O)O)cc(N)c6c5O)ccc3-4)c(O)c12. The molecule has 1 aliphatic heterocycles. The van der Waals surface area contributed by atoms with Crippen molar-refractivity contribution in [3.8, 4) is 22.6 Å². The summed E-state index contributed by atoms with van der Waals surface area (Å²) in [6.07, 6.45) is 0. The molecule has 1 aliphatic rings. The molecule has 1 heterocycles. The lowest BCUT2D eigenvalue weighted by atomic mass is 10.0. The molecule has 27 heteroatoms. The summed E-state index contributed by atoms with van der Waals surface area (Å²) in [5.74, 6) is -1.83. The first-order valence-corrected chi connectivity index (χ1v) is 21.9. The molecule has 6 aromatic carbocycles. The molecule has 0 unspecified atom stereocenters. The fraction of sp³-hybridized carbons (Fsp3) is 0. The van der Waals surface area contributed by atoms with E-state index in [9.17, 15) is 66.9 Å². The molecule has 0 saturated heterocycles. The largest absolute Gasteiger partial charge is 0.505 e. The number of phenols is 2. The third kappa shape index (κ3) is 7.71. The number of hydrogen-bond acceptors (Lipinski definition) is 17. The minimum absolute atomic E-state index is 0.0296. The summed E-state index contributed by atoms with van der Waals surface area (Å²) in [4.78, 5) is 9.51. The summed E-state index contributed by atoms with van der Waals surface area (Å²) in [6.45, 7) is 0. The summed E-state index contributed by atoms with van der Waals surface area (Å²) in [6, 6.07) is 12.3. The van der Waals surface area contributed by atoms with Crippen LogP contribution in [-0.4, -0.2) is 68.1 Å². The molecule has 310 valence electrons. The van der Waals surface area contributed by atoms with E-state index in [2.05, 4.69) is 31.1 Å². The first kappa shape index (κ1) is 41.3. The van der Waals surface area contributed by atoms with Crippen molar-refractivity contribution in [2.45, 2.75) is 19.6 Å². The lowest BCUT2D eigenvalue weighted by molar-refractivity contribution is 0.262. The fourth-order valence-electron chi connectivity index (χ4n) is 6.22. The van der Waals surface area contributed by atoms with Gasteiger partial charge in [-0.3, -0.25) is 18.2 Å². The number of nitrogens with one attached hydrogen (secondary N) is 2. The van der Waals surface area contributed by atoms with Crippen LogP contribution in [0.5, 0.6) is 11.5 Å². The number of nitrogens with zero attached hydrogens (tertiary/aromatic N) is 4. The van der Waals surface area contributed by atoms with Crippen molar-refractivity contribution >= 4 is 114 Å². The van der Waals surface area contributed by atoms with E-state index < -0.39 is 100 Å². The zero-order valence-corrected chi connectivity index (χ0v) is 32.6. The van der Waals surface area contributed by atoms with Crippen LogP contribution in [0, 0.1) is 0 Å². The van der Waals surface area contributed by atoms with Gasteiger partial charge in [0.1, 0.15) is 21.2 Å². The van der Waals surface area contributed by atoms with Crippen LogP contribution in [-0.2, 0) is 40.5 Å². The number of carbonyl (C=O) groups is 1. The molecule has 0 bridgehead atoms. The van der Waals surface area contributed by atoms with Crippen molar-refractivity contribution < 1.29 is 66.9 Å². The van der Waals surface area contributed by atoms with E-state index in [-0.39, 0.29) is 44.3 Å². The van der Waals surface area contributed by atoms with E-state index in [1.165, 1.54) is 36.4 Å². The zero-order valence-electron chi connectivity index (χ0n) is 29.4. The molecule has 2 amide bonds. The topological polar surface area (TPSA) is 401 Å². The Bertz CT molecular complexity index is 3220. The Morgan fingerprint density at radius 2 is 0.850 bits per heavy atom. The first-order valence-electron chi connectivity index (χ1n) is 16.1. The summed E-state index contributed by atoms with van der Waals surface area (Å²) in [5.41, 5.74) is 10.4. The Hall–Kier alpha value is -6.85. The lowest BCUT2D eigenvalue weighted by Gasteiger charge is -2.12. The second kappa shape index (κ2) is 14.2. The van der Waals surface area contributed by atoms with Crippen LogP contribution >= 0.6 is 0 Å². The molecule has 6 aromatic rings. The van der Waals surface area contributed by atoms with Crippen molar-refractivity contribution in [2.75, 3.05) is 22.1 Å². The summed E-state index contributed by atoms with van der Waals surface area (Å²) in [7, 11) is -19.9. The summed E-state index contributed by atoms with van der Waals surface area (Å²) in [5, 5.41) is 41.5. The summed E-state index contributed by atoms with van der Waals surface area (Å²) >= 11 is 0. The van der Waals surface area contributed by atoms with Gasteiger partial charge in [0.15, 0.2) is 11.5 Å². The highest BCUT2D eigenvalue weighted by atomic mass is 32.2. The highest BCUT2D eigenvalue weighted by Gasteiger charge is 2.27. The number of benzene rings is 6. The van der Waals surface area contributed by atoms with Crippen LogP contribution in [0.2, 0.25) is 0 Å². The van der Waals surface area contributed by atoms with Gasteiger partial charge in [-0.15, -0.1) is 10.2 Å². The van der Waals surface area contributed by atoms with E-state index in [1.54, 1.807) is 0 Å². The Morgan fingerprint density at radius 1 is 0.483 bits per heavy atom. The van der Waals surface area contributed by atoms with E-state index in [1.807, 2.05) is 0 Å². The zero-order chi connectivity index (χ0) is 43.9. The van der Waals surface area contributed by atoms with Crippen LogP contribution in [0.3, 0.4) is 0 Å². The number of nitrogens with two attached hydrogens (primary N) is 2. The van der Waals surface area contributed by atoms with Gasteiger partial charge in [0.2, 0.25) is 0 Å². The number of carbonyl (C=O) groups excluding carboxylic acids is 1. The third-order valence-corrected chi connectivity index (χ3v) is 12.2. The van der Waals surface area contributed by atoms with E-state index >= 15 is 0 Å². The normalized spacial score (nSPS) is 13.6. The molecule has 0 fully saturated rings. The molecular formula is C33H24N8O15S4. The average Bonchev–Trinajstić information content (AvgIpc) is 3.26. The molecule has 0 spiro atoms. The second-order valence-corrected chi connectivity index (χ2v) is 18.3. The first-order chi connectivity index (χ1) is 27.8. The van der Waals surface area contributed by atoms with Gasteiger partial charge in [-0.25, -0.2) is 4.79 Å². The Kier molecular flexibility index (Phi) is 9.75. The van der Waals surface area contributed by atoms with Crippen LogP contribution in [0.1, 0.15) is 0 Å². The van der Waals surface area contributed by atoms with Gasteiger partial charge in [-0.2, -0.15) is 43.9 Å². The van der Waals surface area contributed by atoms with Crippen molar-refractivity contribution in [1.82, 2.24) is 0 Å². The Morgan fingerprint density at radius 3 is 1.18 bits per heavy atom. The number of nitrogen functional groups attached to an aromatic ring is 2. The smallest absolute Gasteiger partial charge is 0.323 e. The molecule has 12 N–H and O–H groups in total. The number of phenolic OH excluding ortho intramolecular Hbond substituents is 2. The van der Waals surface area contributed by atoms with E-state index in [0.29, 0.717) is 11.1 Å². The molecule has 7 rings (SSSR count). The quantitative estimate of drug-likeness (QED) is 0.0475. The minimum Gasteiger partial charge on any atom is -0.505 e. The Labute approximate surface area is 336 Å². The number of rotatable bonds is 8. The highest BCUT2D eigenvalue weighted by Crippen LogP contribution is 2.47. The van der Waals surface area contributed by atoms with Gasteiger partial charge >= 0.3 is 6.03 Å². The van der Waals surface area contributed by atoms with E-state index in [4.69, 9.17) is 11.5 Å². The van der Waals surface area contributed by atoms with E-state index in [0.717, 1.165) is 36.4 Å². The lowest BCUT2D eigenvalue weighted by Crippen LogP contribution is -2.17. The Balaban J connectivity index is 1.26. The fourth-order valence-corrected chi connectivity index (χ4v) is 8.64. The number of urea groups is 1. The standard InChI is InChI=1S/C33H24N8O15S4/c34-21-11-17(57(45,46)47)5-13-7-25(59(51,52)53)29(31(42)27(13)21)40-38-15-1-3-19-20-4-2-16(10-24(20)37-33(44)36-23(19)9-15)39-41-30-26(60(54,55)56)8-14-6-18(58(48,49)50)12-22(35)28(14)32(30)43/h1-12,42-43H,34-35H2,(H2,36,37,44)(H,45,46,47)(H,48,49,50)(H,51,52,53)(H,54,55,56). The number of fused-ring (bicyclic) bond motifs is 5. The number of amides is 2. The summed E-state index contributed by atoms with van der Waals surface area (Å²) < 4.78 is 135. The van der Waals surface area contributed by atoms with Crippen LogP contribution in [0.15, 0.2) is 113 Å². The monoisotopic (exact) mass is 900 g/mol. The molecule has 0 saturated carbocycles. The van der Waals surface area contributed by atoms with Crippen molar-refractivity contribution in [1.29, 1.82) is 0 Å². The van der Waals surface area contributed by atoms with Gasteiger partial charge in [-0.05, 0) is 83.6 Å².